The minimum absolute atomic E-state index is 0.0535. The van der Waals surface area contributed by atoms with E-state index in [1.54, 1.807) is 25.1 Å². The average Bonchev–Trinajstić information content (AvgIpc) is 2.15. The van der Waals surface area contributed by atoms with E-state index in [9.17, 15) is 9.59 Å². The molecule has 0 aromatic heterocycles. The molecule has 84 valence electrons. The number of benzene rings is 1. The molecule has 1 amide bonds. The minimum Gasteiger partial charge on any atom is -0.295 e. The zero-order valence-electron chi connectivity index (χ0n) is 8.54. The highest BCUT2D eigenvalue weighted by Gasteiger charge is 2.33. The lowest BCUT2D eigenvalue weighted by Gasteiger charge is -2.32. The Morgan fingerprint density at radius 3 is 2.81 bits per heavy atom. The lowest BCUT2D eigenvalue weighted by atomic mass is 9.96. The van der Waals surface area contributed by atoms with Gasteiger partial charge in [-0.2, -0.15) is 0 Å². The van der Waals surface area contributed by atoms with Crippen LogP contribution in [0, 0.1) is 0 Å². The van der Waals surface area contributed by atoms with Crippen molar-refractivity contribution < 1.29 is 9.59 Å². The second-order valence-corrected chi connectivity index (χ2v) is 4.46. The topological polar surface area (TPSA) is 37.4 Å². The van der Waals surface area contributed by atoms with E-state index in [0.717, 1.165) is 0 Å². The summed E-state index contributed by atoms with van der Waals surface area (Å²) in [5.74, 6) is -0.0535. The van der Waals surface area contributed by atoms with E-state index in [0.29, 0.717) is 16.3 Å². The van der Waals surface area contributed by atoms with Crippen molar-refractivity contribution in [3.05, 3.63) is 28.8 Å². The number of hydrogen-bond acceptors (Lipinski definition) is 2. The smallest absolute Gasteiger partial charge is 0.295 e. The van der Waals surface area contributed by atoms with Crippen LogP contribution in [0.2, 0.25) is 5.02 Å². The summed E-state index contributed by atoms with van der Waals surface area (Å²) in [7, 11) is 0. The van der Waals surface area contributed by atoms with Crippen molar-refractivity contribution in [2.45, 2.75) is 19.4 Å². The van der Waals surface area contributed by atoms with Gasteiger partial charge in [-0.3, -0.25) is 14.5 Å². The summed E-state index contributed by atoms with van der Waals surface area (Å²) in [6.07, 6.45) is 0.245. The van der Waals surface area contributed by atoms with Crippen molar-refractivity contribution >= 4 is 40.0 Å². The van der Waals surface area contributed by atoms with Gasteiger partial charge in [-0.1, -0.05) is 17.7 Å². The number of Topliss-reactive ketones (excluding diaryl/α,β-unsaturated/α-hetero) is 1. The summed E-state index contributed by atoms with van der Waals surface area (Å²) in [6.45, 7) is 1.78. The largest absolute Gasteiger partial charge is 0.321 e. The molecule has 1 aliphatic heterocycles. The van der Waals surface area contributed by atoms with Crippen molar-refractivity contribution in [1.82, 2.24) is 0 Å². The molecule has 1 aromatic carbocycles. The molecular weight excluding hydrogens is 249 g/mol. The van der Waals surface area contributed by atoms with Crippen LogP contribution in [0.3, 0.4) is 0 Å². The zero-order valence-corrected chi connectivity index (χ0v) is 10.0. The average molecular weight is 258 g/mol. The maximum atomic E-state index is 11.8. The van der Waals surface area contributed by atoms with Gasteiger partial charge in [0.2, 0.25) is 0 Å². The Kier molecular flexibility index (Phi) is 2.91. The van der Waals surface area contributed by atoms with Gasteiger partial charge in [0, 0.05) is 12.5 Å². The SMILES string of the molecule is CC1CC(=O)c2c(Cl)cccc2N1C(=O)Cl. The molecule has 2 rings (SSSR count). The molecule has 0 spiro atoms. The molecule has 1 heterocycles. The normalized spacial score (nSPS) is 19.6. The van der Waals surface area contributed by atoms with E-state index in [1.807, 2.05) is 0 Å². The number of hydrogen-bond donors (Lipinski definition) is 0. The highest BCUT2D eigenvalue weighted by atomic mass is 35.5. The van der Waals surface area contributed by atoms with Crippen LogP contribution in [-0.2, 0) is 0 Å². The number of amides is 1. The molecule has 5 heteroatoms. The Bertz CT molecular complexity index is 473. The lowest BCUT2D eigenvalue weighted by molar-refractivity contribution is 0.0971. The Balaban J connectivity index is 2.64. The predicted molar refractivity (Wildman–Crippen MR) is 63.6 cm³/mol. The van der Waals surface area contributed by atoms with Gasteiger partial charge < -0.3 is 0 Å². The van der Waals surface area contributed by atoms with Crippen LogP contribution in [0.4, 0.5) is 10.5 Å². The van der Waals surface area contributed by atoms with Crippen LogP contribution in [-0.4, -0.2) is 17.2 Å². The van der Waals surface area contributed by atoms with E-state index >= 15 is 0 Å². The van der Waals surface area contributed by atoms with Crippen molar-refractivity contribution in [2.75, 3.05) is 4.90 Å². The van der Waals surface area contributed by atoms with Crippen LogP contribution < -0.4 is 4.90 Å². The molecular formula is C11H9Cl2NO2. The van der Waals surface area contributed by atoms with Gasteiger partial charge in [0.15, 0.2) is 5.78 Å². The van der Waals surface area contributed by atoms with Crippen LogP contribution in [0.1, 0.15) is 23.7 Å². The molecule has 0 bridgehead atoms. The number of rotatable bonds is 0. The van der Waals surface area contributed by atoms with Gasteiger partial charge in [0.1, 0.15) is 0 Å². The van der Waals surface area contributed by atoms with E-state index in [4.69, 9.17) is 23.2 Å². The fourth-order valence-corrected chi connectivity index (χ4v) is 2.49. The van der Waals surface area contributed by atoms with Crippen molar-refractivity contribution in [3.63, 3.8) is 0 Å². The van der Waals surface area contributed by atoms with Crippen LogP contribution in [0.5, 0.6) is 0 Å². The molecule has 0 saturated heterocycles. The first kappa shape index (κ1) is 11.4. The summed E-state index contributed by atoms with van der Waals surface area (Å²) in [6, 6.07) is 4.77. The van der Waals surface area contributed by atoms with Crippen molar-refractivity contribution in [2.24, 2.45) is 0 Å². The van der Waals surface area contributed by atoms with Gasteiger partial charge in [0.25, 0.3) is 0 Å². The van der Waals surface area contributed by atoms with Gasteiger partial charge >= 0.3 is 5.37 Å². The first-order valence-corrected chi connectivity index (χ1v) is 5.58. The maximum absolute atomic E-state index is 11.8. The molecule has 16 heavy (non-hydrogen) atoms. The molecule has 0 saturated carbocycles. The Morgan fingerprint density at radius 1 is 1.50 bits per heavy atom. The third kappa shape index (κ3) is 1.70. The molecule has 1 aliphatic rings. The molecule has 0 radical (unpaired) electrons. The molecule has 0 N–H and O–H groups in total. The van der Waals surface area contributed by atoms with Crippen LogP contribution in [0.15, 0.2) is 18.2 Å². The summed E-state index contributed by atoms with van der Waals surface area (Å²) in [4.78, 5) is 24.5. The summed E-state index contributed by atoms with van der Waals surface area (Å²) >= 11 is 11.5. The molecule has 3 nitrogen and oxygen atoms in total. The number of halogens is 2. The third-order valence-corrected chi connectivity index (χ3v) is 3.14. The van der Waals surface area contributed by atoms with E-state index in [2.05, 4.69) is 0 Å². The summed E-state index contributed by atoms with van der Waals surface area (Å²) in [5, 5.41) is -0.235. The third-order valence-electron chi connectivity index (χ3n) is 2.64. The first-order valence-electron chi connectivity index (χ1n) is 4.82. The molecule has 0 aliphatic carbocycles. The summed E-state index contributed by atoms with van der Waals surface area (Å²) in [5.41, 5.74) is 0.882. The van der Waals surface area contributed by atoms with E-state index in [1.165, 1.54) is 4.90 Å². The minimum atomic E-state index is -0.594. The predicted octanol–water partition coefficient (Wildman–Crippen LogP) is 3.48. The fraction of sp³-hybridized carbons (Fsp3) is 0.273. The van der Waals surface area contributed by atoms with E-state index < -0.39 is 5.37 Å². The number of carbonyl (C=O) groups is 2. The fourth-order valence-electron chi connectivity index (χ4n) is 1.96. The van der Waals surface area contributed by atoms with Gasteiger partial charge in [-0.25, -0.2) is 0 Å². The summed E-state index contributed by atoms with van der Waals surface area (Å²) < 4.78 is 0. The van der Waals surface area contributed by atoms with Crippen LogP contribution in [0.25, 0.3) is 0 Å². The second kappa shape index (κ2) is 4.07. The Labute approximate surface area is 103 Å². The molecule has 0 fully saturated rings. The number of ketones is 1. The highest BCUT2D eigenvalue weighted by molar-refractivity contribution is 6.66. The maximum Gasteiger partial charge on any atom is 0.321 e. The van der Waals surface area contributed by atoms with Gasteiger partial charge in [-0.05, 0) is 30.7 Å². The van der Waals surface area contributed by atoms with E-state index in [-0.39, 0.29) is 18.2 Å². The van der Waals surface area contributed by atoms with Gasteiger partial charge in [0.05, 0.1) is 16.3 Å². The lowest BCUT2D eigenvalue weighted by Crippen LogP contribution is -2.41. The number of anilines is 1. The first-order chi connectivity index (χ1) is 7.52. The highest BCUT2D eigenvalue weighted by Crippen LogP contribution is 2.35. The second-order valence-electron chi connectivity index (χ2n) is 3.73. The number of nitrogens with zero attached hydrogens (tertiary/aromatic N) is 1. The Hall–Kier alpha value is -1.06. The standard InChI is InChI=1S/C11H9Cl2NO2/c1-6-5-9(15)10-7(12)3-2-4-8(10)14(6)11(13)16/h2-4,6H,5H2,1H3. The quantitative estimate of drug-likeness (QED) is 0.527. The van der Waals surface area contributed by atoms with Crippen molar-refractivity contribution in [1.29, 1.82) is 0 Å². The van der Waals surface area contributed by atoms with Crippen LogP contribution >= 0.6 is 23.2 Å². The van der Waals surface area contributed by atoms with Crippen molar-refractivity contribution in [3.8, 4) is 0 Å². The molecule has 1 aromatic rings. The number of carbonyl (C=O) groups excluding carboxylic acids is 2. The number of fused-ring (bicyclic) bond motifs is 1. The zero-order chi connectivity index (χ0) is 11.9. The molecule has 1 unspecified atom stereocenters. The monoisotopic (exact) mass is 257 g/mol. The Morgan fingerprint density at radius 2 is 2.19 bits per heavy atom. The molecule has 1 atom stereocenters. The van der Waals surface area contributed by atoms with Gasteiger partial charge in [-0.15, -0.1) is 0 Å².